The lowest BCUT2D eigenvalue weighted by Gasteiger charge is -2.18. The van der Waals surface area contributed by atoms with Crippen LogP contribution in [0.4, 0.5) is 11.4 Å². The Morgan fingerprint density at radius 2 is 1.80 bits per heavy atom. The third-order valence-corrected chi connectivity index (χ3v) is 4.59. The second-order valence-electron chi connectivity index (χ2n) is 6.10. The van der Waals surface area contributed by atoms with E-state index in [9.17, 15) is 14.9 Å². The Kier molecular flexibility index (Phi) is 3.68. The van der Waals surface area contributed by atoms with Crippen molar-refractivity contribution in [3.05, 3.63) is 62.9 Å². The summed E-state index contributed by atoms with van der Waals surface area (Å²) in [6.07, 6.45) is 2.09. The molecule has 2 heterocycles. The third-order valence-electron chi connectivity index (χ3n) is 4.59. The van der Waals surface area contributed by atoms with Gasteiger partial charge in [0.15, 0.2) is 0 Å². The Labute approximate surface area is 143 Å². The fraction of sp³-hybridized carbons (Fsp3) is 0.222. The number of anilines is 1. The van der Waals surface area contributed by atoms with Crippen molar-refractivity contribution in [2.24, 2.45) is 0 Å². The molecule has 1 aliphatic rings. The van der Waals surface area contributed by atoms with Gasteiger partial charge in [0.2, 0.25) is 0 Å². The first-order valence-corrected chi connectivity index (χ1v) is 8.16. The molecule has 25 heavy (non-hydrogen) atoms. The van der Waals surface area contributed by atoms with Gasteiger partial charge in [-0.15, -0.1) is 0 Å². The van der Waals surface area contributed by atoms with Gasteiger partial charge in [-0.3, -0.25) is 14.9 Å². The summed E-state index contributed by atoms with van der Waals surface area (Å²) in [6, 6.07) is 12.3. The van der Waals surface area contributed by atoms with E-state index in [4.69, 9.17) is 0 Å². The summed E-state index contributed by atoms with van der Waals surface area (Å²) in [5, 5.41) is 19.4. The molecule has 4 rings (SSSR count). The van der Waals surface area contributed by atoms with Crippen molar-refractivity contribution >= 4 is 22.1 Å². The Morgan fingerprint density at radius 1 is 1.08 bits per heavy atom. The normalized spacial score (nSPS) is 14.2. The zero-order valence-electron chi connectivity index (χ0n) is 13.4. The van der Waals surface area contributed by atoms with Gasteiger partial charge < -0.3 is 4.90 Å². The van der Waals surface area contributed by atoms with Gasteiger partial charge in [0.1, 0.15) is 5.69 Å². The van der Waals surface area contributed by atoms with Crippen molar-refractivity contribution in [3.8, 4) is 11.3 Å². The van der Waals surface area contributed by atoms with Crippen LogP contribution in [0.3, 0.4) is 0 Å². The lowest BCUT2D eigenvalue weighted by atomic mass is 10.0. The van der Waals surface area contributed by atoms with Crippen molar-refractivity contribution < 1.29 is 4.92 Å². The molecule has 0 spiro atoms. The summed E-state index contributed by atoms with van der Waals surface area (Å²) in [5.74, 6) is 0. The maximum atomic E-state index is 11.9. The van der Waals surface area contributed by atoms with E-state index in [1.807, 2.05) is 17.0 Å². The number of fused-ring (bicyclic) bond motifs is 1. The number of aromatic nitrogens is 2. The summed E-state index contributed by atoms with van der Waals surface area (Å²) in [6.45, 7) is 1.67. The van der Waals surface area contributed by atoms with Crippen molar-refractivity contribution in [3.63, 3.8) is 0 Å². The number of nitrogens with zero attached hydrogens (tertiary/aromatic N) is 3. The number of rotatable bonds is 3. The molecule has 0 unspecified atom stereocenters. The summed E-state index contributed by atoms with van der Waals surface area (Å²) in [5.41, 5.74) is 1.58. The van der Waals surface area contributed by atoms with Gasteiger partial charge in [-0.05, 0) is 25.0 Å². The third kappa shape index (κ3) is 2.63. The first-order valence-electron chi connectivity index (χ1n) is 8.16. The zero-order chi connectivity index (χ0) is 17.4. The molecule has 0 bridgehead atoms. The Balaban J connectivity index is 1.90. The van der Waals surface area contributed by atoms with Crippen LogP contribution < -0.4 is 10.5 Å². The van der Waals surface area contributed by atoms with Crippen molar-refractivity contribution in [1.82, 2.24) is 10.2 Å². The monoisotopic (exact) mass is 336 g/mol. The zero-order valence-corrected chi connectivity index (χ0v) is 13.4. The van der Waals surface area contributed by atoms with E-state index in [2.05, 4.69) is 10.2 Å². The standard InChI is InChI=1S/C18H16N4O3/c23-18-14-6-2-1-5-13(14)17(19-20-18)12-7-8-15(16(11-12)22(24)25)21-9-3-4-10-21/h1-2,5-8,11H,3-4,9-10H2,(H,20,23). The largest absolute Gasteiger partial charge is 0.366 e. The van der Waals surface area contributed by atoms with E-state index in [-0.39, 0.29) is 16.2 Å². The molecule has 0 radical (unpaired) electrons. The molecular formula is C18H16N4O3. The van der Waals surface area contributed by atoms with E-state index >= 15 is 0 Å². The van der Waals surface area contributed by atoms with Gasteiger partial charge in [0.05, 0.1) is 16.0 Å². The lowest BCUT2D eigenvalue weighted by molar-refractivity contribution is -0.384. The molecule has 1 aromatic heterocycles. The van der Waals surface area contributed by atoms with Crippen LogP contribution in [0.2, 0.25) is 0 Å². The Bertz CT molecular complexity index is 1020. The second-order valence-corrected chi connectivity index (χ2v) is 6.10. The first kappa shape index (κ1) is 15.3. The molecular weight excluding hydrogens is 320 g/mol. The predicted octanol–water partition coefficient (Wildman–Crippen LogP) is 3.10. The number of nitro benzene ring substituents is 1. The number of hydrogen-bond donors (Lipinski definition) is 1. The fourth-order valence-corrected chi connectivity index (χ4v) is 3.38. The lowest BCUT2D eigenvalue weighted by Crippen LogP contribution is -2.18. The van der Waals surface area contributed by atoms with Gasteiger partial charge in [-0.2, -0.15) is 5.10 Å². The van der Waals surface area contributed by atoms with Crippen LogP contribution in [-0.2, 0) is 0 Å². The van der Waals surface area contributed by atoms with Gasteiger partial charge in [-0.1, -0.05) is 24.3 Å². The van der Waals surface area contributed by atoms with E-state index in [1.54, 1.807) is 30.3 Å². The molecule has 7 heteroatoms. The topological polar surface area (TPSA) is 92.1 Å². The number of nitro groups is 1. The van der Waals surface area contributed by atoms with E-state index in [1.165, 1.54) is 0 Å². The number of hydrogen-bond acceptors (Lipinski definition) is 5. The molecule has 0 saturated carbocycles. The highest BCUT2D eigenvalue weighted by molar-refractivity contribution is 5.94. The highest BCUT2D eigenvalue weighted by Crippen LogP contribution is 2.35. The van der Waals surface area contributed by atoms with Crippen LogP contribution in [0, 0.1) is 10.1 Å². The molecule has 1 saturated heterocycles. The van der Waals surface area contributed by atoms with Gasteiger partial charge in [0, 0.05) is 30.1 Å². The molecule has 7 nitrogen and oxygen atoms in total. The van der Waals surface area contributed by atoms with Gasteiger partial charge in [-0.25, -0.2) is 5.10 Å². The van der Waals surface area contributed by atoms with Gasteiger partial charge in [0.25, 0.3) is 11.2 Å². The molecule has 2 aromatic carbocycles. The smallest absolute Gasteiger partial charge is 0.293 e. The van der Waals surface area contributed by atoms with Crippen molar-refractivity contribution in [2.45, 2.75) is 12.8 Å². The Morgan fingerprint density at radius 3 is 2.52 bits per heavy atom. The van der Waals surface area contributed by atoms with Crippen LogP contribution >= 0.6 is 0 Å². The number of benzene rings is 2. The Hall–Kier alpha value is -3.22. The number of nitrogens with one attached hydrogen (secondary N) is 1. The minimum atomic E-state index is -0.356. The number of H-pyrrole nitrogens is 1. The second kappa shape index (κ2) is 6.01. The summed E-state index contributed by atoms with van der Waals surface area (Å²) in [7, 11) is 0. The maximum absolute atomic E-state index is 11.9. The van der Waals surface area contributed by atoms with Crippen LogP contribution in [0.15, 0.2) is 47.3 Å². The van der Waals surface area contributed by atoms with E-state index in [0.29, 0.717) is 27.7 Å². The van der Waals surface area contributed by atoms with Crippen molar-refractivity contribution in [2.75, 3.05) is 18.0 Å². The molecule has 3 aromatic rings. The molecule has 0 aliphatic carbocycles. The van der Waals surface area contributed by atoms with Crippen LogP contribution in [0.25, 0.3) is 22.0 Å². The van der Waals surface area contributed by atoms with E-state index in [0.717, 1.165) is 25.9 Å². The average Bonchev–Trinajstić information content (AvgIpc) is 3.16. The van der Waals surface area contributed by atoms with Crippen LogP contribution in [0.1, 0.15) is 12.8 Å². The molecule has 1 N–H and O–H groups in total. The maximum Gasteiger partial charge on any atom is 0.293 e. The fourth-order valence-electron chi connectivity index (χ4n) is 3.38. The summed E-state index contributed by atoms with van der Waals surface area (Å²) >= 11 is 0. The summed E-state index contributed by atoms with van der Waals surface area (Å²) < 4.78 is 0. The highest BCUT2D eigenvalue weighted by Gasteiger charge is 2.23. The average molecular weight is 336 g/mol. The van der Waals surface area contributed by atoms with Crippen LogP contribution in [0.5, 0.6) is 0 Å². The SMILES string of the molecule is O=c1[nH]nc(-c2ccc(N3CCCC3)c([N+](=O)[O-])c2)c2ccccc12. The van der Waals surface area contributed by atoms with Gasteiger partial charge >= 0.3 is 0 Å². The predicted molar refractivity (Wildman–Crippen MR) is 95.9 cm³/mol. The van der Waals surface area contributed by atoms with Crippen LogP contribution in [-0.4, -0.2) is 28.2 Å². The molecule has 0 amide bonds. The molecule has 0 atom stereocenters. The molecule has 126 valence electrons. The minimum absolute atomic E-state index is 0.0662. The van der Waals surface area contributed by atoms with E-state index < -0.39 is 0 Å². The highest BCUT2D eigenvalue weighted by atomic mass is 16.6. The first-order chi connectivity index (χ1) is 12.1. The minimum Gasteiger partial charge on any atom is -0.366 e. The quantitative estimate of drug-likeness (QED) is 0.586. The van der Waals surface area contributed by atoms with Crippen molar-refractivity contribution in [1.29, 1.82) is 0 Å². The molecule has 1 aliphatic heterocycles. The summed E-state index contributed by atoms with van der Waals surface area (Å²) in [4.78, 5) is 25.2. The molecule has 1 fully saturated rings. The number of aromatic amines is 1.